The molecule has 98 valence electrons. The number of aromatic amines is 1. The fourth-order valence-electron chi connectivity index (χ4n) is 1.93. The highest BCUT2D eigenvalue weighted by Crippen LogP contribution is 2.41. The lowest BCUT2D eigenvalue weighted by molar-refractivity contribution is 0.627. The number of H-pyrrole nitrogens is 1. The lowest BCUT2D eigenvalue weighted by atomic mass is 10.2. The van der Waals surface area contributed by atoms with E-state index in [9.17, 15) is 9.18 Å². The van der Waals surface area contributed by atoms with Gasteiger partial charge in [-0.25, -0.2) is 9.37 Å². The number of nitrogens with zero attached hydrogens (tertiary/aromatic N) is 1. The summed E-state index contributed by atoms with van der Waals surface area (Å²) in [6.07, 6.45) is 2.09. The third-order valence-corrected chi connectivity index (χ3v) is 4.21. The first-order chi connectivity index (χ1) is 9.04. The van der Waals surface area contributed by atoms with Gasteiger partial charge < -0.3 is 4.98 Å². The van der Waals surface area contributed by atoms with Gasteiger partial charge in [0.1, 0.15) is 16.1 Å². The van der Waals surface area contributed by atoms with Crippen molar-refractivity contribution in [3.8, 4) is 11.4 Å². The molecule has 3 rings (SSSR count). The van der Waals surface area contributed by atoms with Gasteiger partial charge in [-0.05, 0) is 47.0 Å². The van der Waals surface area contributed by atoms with Crippen LogP contribution in [0.1, 0.15) is 24.5 Å². The van der Waals surface area contributed by atoms with Gasteiger partial charge in [-0.2, -0.15) is 0 Å². The second-order valence-corrected chi connectivity index (χ2v) is 6.25. The van der Waals surface area contributed by atoms with Gasteiger partial charge in [-0.1, -0.05) is 15.9 Å². The highest BCUT2D eigenvalue weighted by Gasteiger charge is 2.29. The van der Waals surface area contributed by atoms with Crippen molar-refractivity contribution in [3.05, 3.63) is 49.0 Å². The summed E-state index contributed by atoms with van der Waals surface area (Å²) in [5.41, 5.74) is 1.09. The number of hydrogen-bond acceptors (Lipinski definition) is 2. The highest BCUT2D eigenvalue weighted by atomic mass is 79.9. The largest absolute Gasteiger partial charge is 0.306 e. The van der Waals surface area contributed by atoms with Crippen molar-refractivity contribution in [2.45, 2.75) is 18.8 Å². The number of rotatable bonds is 2. The van der Waals surface area contributed by atoms with E-state index in [4.69, 9.17) is 0 Å². The smallest absolute Gasteiger partial charge is 0.265 e. The average molecular weight is 388 g/mol. The van der Waals surface area contributed by atoms with Gasteiger partial charge in [0.25, 0.3) is 5.56 Å². The third kappa shape index (κ3) is 2.65. The zero-order valence-electron chi connectivity index (χ0n) is 9.71. The minimum atomic E-state index is -0.372. The molecule has 1 saturated carbocycles. The van der Waals surface area contributed by atoms with Gasteiger partial charge in [0, 0.05) is 16.0 Å². The van der Waals surface area contributed by atoms with Gasteiger partial charge in [0.05, 0.1) is 5.69 Å². The maximum atomic E-state index is 13.4. The number of benzene rings is 1. The van der Waals surface area contributed by atoms with Crippen molar-refractivity contribution in [2.24, 2.45) is 0 Å². The van der Waals surface area contributed by atoms with E-state index in [0.29, 0.717) is 26.3 Å². The summed E-state index contributed by atoms with van der Waals surface area (Å²) in [6.45, 7) is 0. The standard InChI is InChI=1S/C13H9Br2FN2O/c14-8-3-7(4-9(16)5-8)12-17-11(6-1-2-6)10(15)13(19)18-12/h3-6H,1-2H2,(H,17,18,19). The summed E-state index contributed by atoms with van der Waals surface area (Å²) in [5.74, 6) is 0.366. The Labute approximate surface area is 125 Å². The van der Waals surface area contributed by atoms with E-state index in [1.165, 1.54) is 12.1 Å². The Bertz CT molecular complexity index is 690. The van der Waals surface area contributed by atoms with E-state index < -0.39 is 0 Å². The summed E-state index contributed by atoms with van der Waals surface area (Å²) in [5, 5.41) is 0. The molecule has 1 aliphatic rings. The van der Waals surface area contributed by atoms with Crippen LogP contribution in [0, 0.1) is 5.82 Å². The topological polar surface area (TPSA) is 45.8 Å². The molecular formula is C13H9Br2FN2O. The van der Waals surface area contributed by atoms with Crippen LogP contribution >= 0.6 is 31.9 Å². The van der Waals surface area contributed by atoms with Crippen molar-refractivity contribution < 1.29 is 4.39 Å². The molecule has 1 aliphatic carbocycles. The molecule has 2 aromatic rings. The van der Waals surface area contributed by atoms with Crippen LogP contribution in [0.5, 0.6) is 0 Å². The SMILES string of the molecule is O=c1[nH]c(-c2cc(F)cc(Br)c2)nc(C2CC2)c1Br. The number of halogens is 3. The van der Waals surface area contributed by atoms with Crippen LogP contribution in [0.15, 0.2) is 31.9 Å². The molecule has 1 aromatic carbocycles. The van der Waals surface area contributed by atoms with Crippen molar-refractivity contribution in [1.82, 2.24) is 9.97 Å². The highest BCUT2D eigenvalue weighted by molar-refractivity contribution is 9.10. The number of aromatic nitrogens is 2. The molecular weight excluding hydrogens is 379 g/mol. The maximum Gasteiger partial charge on any atom is 0.265 e. The monoisotopic (exact) mass is 386 g/mol. The normalized spacial score (nSPS) is 14.7. The Morgan fingerprint density at radius 1 is 1.26 bits per heavy atom. The molecule has 6 heteroatoms. The van der Waals surface area contributed by atoms with Crippen LogP contribution in [0.25, 0.3) is 11.4 Å². The van der Waals surface area contributed by atoms with E-state index in [2.05, 4.69) is 41.8 Å². The minimum Gasteiger partial charge on any atom is -0.306 e. The molecule has 0 spiro atoms. The molecule has 3 nitrogen and oxygen atoms in total. The van der Waals surface area contributed by atoms with Gasteiger partial charge in [0.2, 0.25) is 0 Å². The summed E-state index contributed by atoms with van der Waals surface area (Å²) in [7, 11) is 0. The number of nitrogens with one attached hydrogen (secondary N) is 1. The third-order valence-electron chi connectivity index (χ3n) is 2.99. The van der Waals surface area contributed by atoms with Crippen molar-refractivity contribution in [3.63, 3.8) is 0 Å². The molecule has 0 unspecified atom stereocenters. The van der Waals surface area contributed by atoms with Crippen LogP contribution in [-0.4, -0.2) is 9.97 Å². The average Bonchev–Trinajstić information content (AvgIpc) is 3.15. The molecule has 0 atom stereocenters. The van der Waals surface area contributed by atoms with E-state index in [0.717, 1.165) is 18.5 Å². The van der Waals surface area contributed by atoms with Gasteiger partial charge >= 0.3 is 0 Å². The van der Waals surface area contributed by atoms with Crippen LogP contribution < -0.4 is 5.56 Å². The molecule has 0 radical (unpaired) electrons. The van der Waals surface area contributed by atoms with Crippen LogP contribution in [0.2, 0.25) is 0 Å². The second kappa shape index (κ2) is 4.83. The molecule has 1 N–H and O–H groups in total. The van der Waals surface area contributed by atoms with Crippen LogP contribution in [0.3, 0.4) is 0 Å². The van der Waals surface area contributed by atoms with Crippen LogP contribution in [0.4, 0.5) is 4.39 Å². The van der Waals surface area contributed by atoms with Gasteiger partial charge in [0.15, 0.2) is 0 Å². The predicted octanol–water partition coefficient (Wildman–Crippen LogP) is 3.98. The lowest BCUT2D eigenvalue weighted by Crippen LogP contribution is -2.13. The van der Waals surface area contributed by atoms with Gasteiger partial charge in [-0.15, -0.1) is 0 Å². The zero-order valence-corrected chi connectivity index (χ0v) is 12.9. The lowest BCUT2D eigenvalue weighted by Gasteiger charge is -2.06. The Hall–Kier alpha value is -1.01. The first kappa shape index (κ1) is 13.0. The van der Waals surface area contributed by atoms with Crippen molar-refractivity contribution in [1.29, 1.82) is 0 Å². The summed E-state index contributed by atoms with van der Waals surface area (Å²) >= 11 is 6.50. The minimum absolute atomic E-state index is 0.229. The predicted molar refractivity (Wildman–Crippen MR) is 77.6 cm³/mol. The summed E-state index contributed by atoms with van der Waals surface area (Å²) in [6, 6.07) is 4.45. The number of hydrogen-bond donors (Lipinski definition) is 1. The molecule has 0 aliphatic heterocycles. The van der Waals surface area contributed by atoms with Gasteiger partial charge in [-0.3, -0.25) is 4.79 Å². The first-order valence-electron chi connectivity index (χ1n) is 5.81. The second-order valence-electron chi connectivity index (χ2n) is 4.55. The van der Waals surface area contributed by atoms with Crippen molar-refractivity contribution >= 4 is 31.9 Å². The quantitative estimate of drug-likeness (QED) is 0.847. The van der Waals surface area contributed by atoms with E-state index in [1.54, 1.807) is 6.07 Å². The molecule has 0 amide bonds. The molecule has 0 saturated heterocycles. The summed E-state index contributed by atoms with van der Waals surface area (Å²) < 4.78 is 14.5. The molecule has 1 fully saturated rings. The molecule has 19 heavy (non-hydrogen) atoms. The van der Waals surface area contributed by atoms with E-state index in [-0.39, 0.29) is 11.4 Å². The summed E-state index contributed by atoms with van der Waals surface area (Å²) in [4.78, 5) is 19.0. The van der Waals surface area contributed by atoms with Crippen LogP contribution in [-0.2, 0) is 0 Å². The molecule has 1 aromatic heterocycles. The Balaban J connectivity index is 2.17. The van der Waals surface area contributed by atoms with E-state index in [1.807, 2.05) is 0 Å². The zero-order chi connectivity index (χ0) is 13.6. The Morgan fingerprint density at radius 2 is 2.00 bits per heavy atom. The fourth-order valence-corrected chi connectivity index (χ4v) is 2.91. The Morgan fingerprint density at radius 3 is 2.63 bits per heavy atom. The Kier molecular flexibility index (Phi) is 3.30. The molecule has 1 heterocycles. The van der Waals surface area contributed by atoms with Crippen molar-refractivity contribution in [2.75, 3.05) is 0 Å². The molecule has 0 bridgehead atoms. The first-order valence-corrected chi connectivity index (χ1v) is 7.39. The van der Waals surface area contributed by atoms with E-state index >= 15 is 0 Å². The maximum absolute atomic E-state index is 13.4. The fraction of sp³-hybridized carbons (Fsp3) is 0.231.